The lowest BCUT2D eigenvalue weighted by molar-refractivity contribution is -0.178. The van der Waals surface area contributed by atoms with E-state index < -0.39 is 40.1 Å². The van der Waals surface area contributed by atoms with E-state index in [1.807, 2.05) is 44.2 Å². The normalized spacial score (nSPS) is 25.0. The first-order valence-corrected chi connectivity index (χ1v) is 17.5. The lowest BCUT2D eigenvalue weighted by Gasteiger charge is -2.31. The summed E-state index contributed by atoms with van der Waals surface area (Å²) < 4.78 is 90.3. The molecule has 2 aromatic carbocycles. The Hall–Kier alpha value is -3.30. The van der Waals surface area contributed by atoms with Gasteiger partial charge in [-0.3, -0.25) is 4.79 Å². The van der Waals surface area contributed by atoms with Crippen LogP contribution in [0.25, 0.3) is 11.3 Å². The molecule has 0 radical (unpaired) electrons. The van der Waals surface area contributed by atoms with Crippen molar-refractivity contribution in [1.29, 1.82) is 0 Å². The number of aliphatic hydroxyl groups excluding tert-OH is 1. The molecule has 1 N–H and O–H groups in total. The number of benzene rings is 2. The molecule has 0 spiro atoms. The van der Waals surface area contributed by atoms with E-state index in [1.165, 1.54) is 28.6 Å². The third-order valence-electron chi connectivity index (χ3n) is 9.35. The monoisotopic (exact) mass is 692 g/mol. The van der Waals surface area contributed by atoms with Gasteiger partial charge in [0.2, 0.25) is 10.0 Å². The van der Waals surface area contributed by atoms with Crippen LogP contribution in [0, 0.1) is 29.6 Å². The van der Waals surface area contributed by atoms with Gasteiger partial charge in [0.25, 0.3) is 0 Å². The van der Waals surface area contributed by atoms with Gasteiger partial charge < -0.3 is 23.7 Å². The van der Waals surface area contributed by atoms with E-state index in [9.17, 15) is 31.5 Å². The predicted molar refractivity (Wildman–Crippen MR) is 165 cm³/mol. The van der Waals surface area contributed by atoms with Crippen molar-refractivity contribution >= 4 is 16.0 Å². The molecule has 260 valence electrons. The number of carbonyl (C=O) groups excluding carboxylic acids is 1. The molecule has 0 amide bonds. The highest BCUT2D eigenvalue weighted by atomic mass is 32.2. The van der Waals surface area contributed by atoms with E-state index in [0.29, 0.717) is 19.6 Å². The van der Waals surface area contributed by atoms with Gasteiger partial charge in [-0.05, 0) is 48.6 Å². The van der Waals surface area contributed by atoms with Crippen LogP contribution in [0.3, 0.4) is 0 Å². The molecule has 2 saturated heterocycles. The number of alkyl halides is 3. The van der Waals surface area contributed by atoms with Crippen molar-refractivity contribution in [1.82, 2.24) is 9.29 Å². The number of aliphatic hydroxyl groups is 1. The van der Waals surface area contributed by atoms with Crippen LogP contribution < -0.4 is 0 Å². The van der Waals surface area contributed by atoms with Gasteiger partial charge in [-0.1, -0.05) is 44.2 Å². The molecule has 1 aromatic heterocycles. The number of oxazole rings is 1. The highest BCUT2D eigenvalue weighted by Crippen LogP contribution is 2.49. The standard InChI is InChI=1S/C34H39F3N2O8S/c1-20(2)16-39(48(42,43)25-10-8-22(9-11-25)29-15-38-33(46-29)34(35,36)37)17-28(40)23(12-21-6-4-3-5-7-21)14-30(41)47-31-24-13-26-27(31)19-45-32(26)44-18-24/h3-11,15,20,23-24,26-28,31-32,40H,12-14,16-19H2,1-2H3/t23-,24?,26?,27?,28-,31?,32?/m1/s1. The third-order valence-corrected chi connectivity index (χ3v) is 11.2. The topological polar surface area (TPSA) is 128 Å². The summed E-state index contributed by atoms with van der Waals surface area (Å²) in [5, 5.41) is 11.6. The molecule has 3 fully saturated rings. The number of hydrogen-bond donors (Lipinski definition) is 1. The van der Waals surface area contributed by atoms with Crippen LogP contribution in [0.4, 0.5) is 13.2 Å². The Bertz CT molecular complexity index is 1670. The zero-order valence-electron chi connectivity index (χ0n) is 26.6. The minimum absolute atomic E-state index is 0.0674. The second-order valence-electron chi connectivity index (χ2n) is 13.3. The Labute approximate surface area is 277 Å². The number of fused-ring (bicyclic) bond motifs is 1. The van der Waals surface area contributed by atoms with Gasteiger partial charge in [0, 0.05) is 42.3 Å². The average Bonchev–Trinajstić information content (AvgIpc) is 3.76. The Morgan fingerprint density at radius 3 is 2.42 bits per heavy atom. The SMILES string of the molecule is CC(C)CN(C[C@@H](O)[C@@H](CC(=O)OC1C2COC3OCC1C3C2)Cc1ccccc1)S(=O)(=O)c1ccc(-c2cnc(C(F)(F)F)o2)cc1. The number of halogens is 3. The van der Waals surface area contributed by atoms with E-state index in [0.717, 1.165) is 18.2 Å². The first-order chi connectivity index (χ1) is 22.8. The maximum Gasteiger partial charge on any atom is 0.468 e. The van der Waals surface area contributed by atoms with Crippen molar-refractivity contribution in [3.8, 4) is 11.3 Å². The third kappa shape index (κ3) is 7.47. The summed E-state index contributed by atoms with van der Waals surface area (Å²) in [6.45, 7) is 4.41. The number of nitrogens with zero attached hydrogens (tertiary/aromatic N) is 2. The molecule has 3 heterocycles. The fraction of sp³-hybridized carbons (Fsp3) is 0.529. The van der Waals surface area contributed by atoms with E-state index in [2.05, 4.69) is 4.98 Å². The van der Waals surface area contributed by atoms with E-state index in [4.69, 9.17) is 18.6 Å². The predicted octanol–water partition coefficient (Wildman–Crippen LogP) is 5.17. The van der Waals surface area contributed by atoms with Gasteiger partial charge >= 0.3 is 18.0 Å². The summed E-state index contributed by atoms with van der Waals surface area (Å²) in [7, 11) is -4.17. The highest BCUT2D eigenvalue weighted by molar-refractivity contribution is 7.89. The molecule has 10 nitrogen and oxygen atoms in total. The smallest absolute Gasteiger partial charge is 0.462 e. The van der Waals surface area contributed by atoms with Crippen LogP contribution >= 0.6 is 0 Å². The first kappa shape index (κ1) is 34.6. The molecule has 14 heteroatoms. The van der Waals surface area contributed by atoms with Crippen molar-refractivity contribution in [3.63, 3.8) is 0 Å². The van der Waals surface area contributed by atoms with Gasteiger partial charge in [-0.15, -0.1) is 0 Å². The molecule has 48 heavy (non-hydrogen) atoms. The zero-order chi connectivity index (χ0) is 34.2. The molecular formula is C34H39F3N2O8S. The summed E-state index contributed by atoms with van der Waals surface area (Å²) in [5.74, 6) is -2.44. The summed E-state index contributed by atoms with van der Waals surface area (Å²) in [4.78, 5) is 16.6. The van der Waals surface area contributed by atoms with Gasteiger partial charge in [-0.25, -0.2) is 13.4 Å². The van der Waals surface area contributed by atoms with Crippen LogP contribution in [-0.2, 0) is 41.6 Å². The average molecular weight is 693 g/mol. The van der Waals surface area contributed by atoms with E-state index >= 15 is 0 Å². The quantitative estimate of drug-likeness (QED) is 0.242. The maximum atomic E-state index is 13.9. The minimum atomic E-state index is -4.76. The van der Waals surface area contributed by atoms with Crippen LogP contribution in [0.5, 0.6) is 0 Å². The summed E-state index contributed by atoms with van der Waals surface area (Å²) >= 11 is 0. The van der Waals surface area contributed by atoms with Crippen LogP contribution in [0.2, 0.25) is 0 Å². The van der Waals surface area contributed by atoms with Crippen molar-refractivity contribution in [2.75, 3.05) is 26.3 Å². The number of esters is 1. The lowest BCUT2D eigenvalue weighted by Crippen LogP contribution is -2.43. The first-order valence-electron chi connectivity index (χ1n) is 16.1. The van der Waals surface area contributed by atoms with E-state index in [1.54, 1.807) is 0 Å². The lowest BCUT2D eigenvalue weighted by atomic mass is 9.90. The Balaban J connectivity index is 1.19. The summed E-state index contributed by atoms with van der Waals surface area (Å²) in [5.41, 5.74) is 1.09. The molecule has 5 unspecified atom stereocenters. The molecule has 1 saturated carbocycles. The Kier molecular flexibility index (Phi) is 10.0. The second-order valence-corrected chi connectivity index (χ2v) is 15.2. The Morgan fingerprint density at radius 2 is 1.75 bits per heavy atom. The fourth-order valence-electron chi connectivity index (χ4n) is 7.04. The molecule has 2 aliphatic heterocycles. The van der Waals surface area contributed by atoms with Gasteiger partial charge in [0.15, 0.2) is 12.1 Å². The largest absolute Gasteiger partial charge is 0.468 e. The fourth-order valence-corrected chi connectivity index (χ4v) is 8.66. The van der Waals surface area contributed by atoms with Gasteiger partial charge in [-0.2, -0.15) is 17.5 Å². The van der Waals surface area contributed by atoms with Gasteiger partial charge in [0.05, 0.1) is 36.8 Å². The van der Waals surface area contributed by atoms with Crippen molar-refractivity contribution in [2.24, 2.45) is 29.6 Å². The van der Waals surface area contributed by atoms with Crippen LogP contribution in [0.1, 0.15) is 38.1 Å². The van der Waals surface area contributed by atoms with Crippen molar-refractivity contribution < 1.29 is 50.1 Å². The molecule has 6 rings (SSSR count). The number of rotatable bonds is 13. The minimum Gasteiger partial charge on any atom is -0.462 e. The maximum absolute atomic E-state index is 13.9. The van der Waals surface area contributed by atoms with Crippen LogP contribution in [0.15, 0.2) is 70.1 Å². The number of hydrogen-bond acceptors (Lipinski definition) is 9. The van der Waals surface area contributed by atoms with Crippen molar-refractivity contribution in [2.45, 2.75) is 62.7 Å². The van der Waals surface area contributed by atoms with Gasteiger partial charge in [0.1, 0.15) is 6.10 Å². The van der Waals surface area contributed by atoms with Crippen molar-refractivity contribution in [3.05, 3.63) is 72.2 Å². The molecule has 3 aromatic rings. The number of carbonyl (C=O) groups is 1. The van der Waals surface area contributed by atoms with Crippen LogP contribution in [-0.4, -0.2) is 73.6 Å². The summed E-state index contributed by atoms with van der Waals surface area (Å²) in [6.07, 6.45) is -4.58. The summed E-state index contributed by atoms with van der Waals surface area (Å²) in [6, 6.07) is 14.6. The molecule has 7 atom stereocenters. The zero-order valence-corrected chi connectivity index (χ0v) is 27.4. The number of ether oxygens (including phenoxy) is 3. The number of sulfonamides is 1. The number of aromatic nitrogens is 1. The molecule has 1 aliphatic carbocycles. The second kappa shape index (κ2) is 13.9. The molecule has 3 aliphatic rings. The molecular weight excluding hydrogens is 653 g/mol. The Morgan fingerprint density at radius 1 is 1.04 bits per heavy atom. The van der Waals surface area contributed by atoms with E-state index in [-0.39, 0.29) is 71.8 Å². The highest BCUT2D eigenvalue weighted by Gasteiger charge is 2.56. The molecule has 2 bridgehead atoms.